The Balaban J connectivity index is 3.10. The minimum absolute atomic E-state index is 0.0488. The first-order valence-corrected chi connectivity index (χ1v) is 5.63. The highest BCUT2D eigenvalue weighted by molar-refractivity contribution is 7.12. The number of aliphatic imine (C=N–C) groups is 1. The molecule has 0 spiro atoms. The number of hydrogen-bond acceptors (Lipinski definition) is 3. The van der Waals surface area contributed by atoms with E-state index < -0.39 is 0 Å². The van der Waals surface area contributed by atoms with E-state index in [1.807, 2.05) is 26.2 Å². The molecule has 0 saturated carbocycles. The van der Waals surface area contributed by atoms with Crippen LogP contribution >= 0.6 is 11.3 Å². The van der Waals surface area contributed by atoms with Crippen LogP contribution < -0.4 is 0 Å². The monoisotopic (exact) mass is 224 g/mol. The van der Waals surface area contributed by atoms with E-state index in [4.69, 9.17) is 0 Å². The predicted octanol–water partition coefficient (Wildman–Crippen LogP) is 2.87. The number of hydrogen-bond donors (Lipinski definition) is 0. The van der Waals surface area contributed by atoms with Gasteiger partial charge in [-0.3, -0.25) is 9.79 Å². The maximum absolute atomic E-state index is 11.8. The minimum Gasteiger partial charge on any atom is -0.344 e. The van der Waals surface area contributed by atoms with Crippen LogP contribution in [0.4, 0.5) is 5.69 Å². The van der Waals surface area contributed by atoms with Crippen molar-refractivity contribution in [1.82, 2.24) is 4.90 Å². The fraction of sp³-hybridized carbons (Fsp3) is 0.455. The second-order valence-electron chi connectivity index (χ2n) is 3.83. The average Bonchev–Trinajstić information content (AvgIpc) is 2.46. The molecule has 0 aromatic carbocycles. The largest absolute Gasteiger partial charge is 0.344 e. The summed E-state index contributed by atoms with van der Waals surface area (Å²) >= 11 is 1.46. The minimum atomic E-state index is 0.0488. The highest BCUT2D eigenvalue weighted by Crippen LogP contribution is 2.29. The average molecular weight is 224 g/mol. The first-order valence-electron chi connectivity index (χ1n) is 4.75. The van der Waals surface area contributed by atoms with Crippen LogP contribution in [-0.4, -0.2) is 30.6 Å². The summed E-state index contributed by atoms with van der Waals surface area (Å²) in [7, 11) is 3.52. The van der Waals surface area contributed by atoms with Crippen molar-refractivity contribution in [2.24, 2.45) is 4.99 Å². The van der Waals surface area contributed by atoms with Gasteiger partial charge in [0.2, 0.25) is 0 Å². The zero-order chi connectivity index (χ0) is 11.6. The van der Waals surface area contributed by atoms with Crippen molar-refractivity contribution in [1.29, 1.82) is 0 Å². The standard InChI is InChI=1S/C11H16N2OS/c1-7(2)12-9-6-15-10(8(9)3)11(14)13(4)5/h6H,1-5H3. The molecule has 1 aromatic heterocycles. The second kappa shape index (κ2) is 4.57. The lowest BCUT2D eigenvalue weighted by Crippen LogP contribution is -2.21. The lowest BCUT2D eigenvalue weighted by Gasteiger charge is -2.08. The molecule has 3 nitrogen and oxygen atoms in total. The van der Waals surface area contributed by atoms with Crippen molar-refractivity contribution >= 4 is 28.6 Å². The number of carbonyl (C=O) groups excluding carboxylic acids is 1. The van der Waals surface area contributed by atoms with Gasteiger partial charge in [-0.2, -0.15) is 0 Å². The molecule has 0 atom stereocenters. The molecule has 0 aliphatic heterocycles. The summed E-state index contributed by atoms with van der Waals surface area (Å²) in [6.45, 7) is 5.84. The van der Waals surface area contributed by atoms with Crippen molar-refractivity contribution < 1.29 is 4.79 Å². The lowest BCUT2D eigenvalue weighted by molar-refractivity contribution is 0.0831. The summed E-state index contributed by atoms with van der Waals surface area (Å²) in [6, 6.07) is 0. The molecule has 82 valence electrons. The van der Waals surface area contributed by atoms with Crippen molar-refractivity contribution in [2.45, 2.75) is 20.8 Å². The number of thiophene rings is 1. The van der Waals surface area contributed by atoms with E-state index in [-0.39, 0.29) is 5.91 Å². The van der Waals surface area contributed by atoms with Gasteiger partial charge in [-0.05, 0) is 26.3 Å². The molecular weight excluding hydrogens is 208 g/mol. The molecule has 1 aromatic rings. The van der Waals surface area contributed by atoms with E-state index in [0.717, 1.165) is 21.8 Å². The maximum Gasteiger partial charge on any atom is 0.263 e. The number of rotatable bonds is 2. The first-order chi connectivity index (χ1) is 6.93. The summed E-state index contributed by atoms with van der Waals surface area (Å²) in [5, 5.41) is 1.93. The molecule has 1 rings (SSSR count). The molecule has 1 heterocycles. The van der Waals surface area contributed by atoms with Crippen LogP contribution in [0.3, 0.4) is 0 Å². The fourth-order valence-electron chi connectivity index (χ4n) is 1.17. The van der Waals surface area contributed by atoms with Crippen LogP contribution in [0.15, 0.2) is 10.4 Å². The third kappa shape index (κ3) is 2.65. The Morgan fingerprint density at radius 1 is 1.40 bits per heavy atom. The zero-order valence-electron chi connectivity index (χ0n) is 9.79. The normalized spacial score (nSPS) is 9.93. The summed E-state index contributed by atoms with van der Waals surface area (Å²) in [5.41, 5.74) is 2.88. The molecule has 4 heteroatoms. The van der Waals surface area contributed by atoms with E-state index in [0.29, 0.717) is 0 Å². The summed E-state index contributed by atoms with van der Waals surface area (Å²) in [4.78, 5) is 18.5. The molecule has 15 heavy (non-hydrogen) atoms. The predicted molar refractivity (Wildman–Crippen MR) is 65.5 cm³/mol. The number of carbonyl (C=O) groups is 1. The Kier molecular flexibility index (Phi) is 3.63. The first kappa shape index (κ1) is 11.9. The van der Waals surface area contributed by atoms with Crippen LogP contribution in [0.5, 0.6) is 0 Å². The molecule has 0 unspecified atom stereocenters. The Bertz CT molecular complexity index is 401. The van der Waals surface area contributed by atoms with Gasteiger partial charge in [0.25, 0.3) is 5.91 Å². The van der Waals surface area contributed by atoms with Crippen molar-refractivity contribution in [3.05, 3.63) is 15.8 Å². The highest BCUT2D eigenvalue weighted by Gasteiger charge is 2.15. The summed E-state index contributed by atoms with van der Waals surface area (Å²) in [6.07, 6.45) is 0. The second-order valence-corrected chi connectivity index (χ2v) is 4.71. The van der Waals surface area contributed by atoms with Crippen molar-refractivity contribution in [3.63, 3.8) is 0 Å². The third-order valence-electron chi connectivity index (χ3n) is 1.96. The Labute approximate surface area is 94.4 Å². The Morgan fingerprint density at radius 3 is 2.47 bits per heavy atom. The van der Waals surface area contributed by atoms with Gasteiger partial charge in [-0.25, -0.2) is 0 Å². The van der Waals surface area contributed by atoms with Gasteiger partial charge in [0.05, 0.1) is 10.6 Å². The fourth-order valence-corrected chi connectivity index (χ4v) is 2.20. The SMILES string of the molecule is CC(C)=Nc1csc(C(=O)N(C)C)c1C. The van der Waals surface area contributed by atoms with E-state index in [1.54, 1.807) is 19.0 Å². The van der Waals surface area contributed by atoms with Gasteiger partial charge in [0.1, 0.15) is 0 Å². The quantitative estimate of drug-likeness (QED) is 0.711. The molecule has 0 saturated heterocycles. The Hall–Kier alpha value is -1.16. The van der Waals surface area contributed by atoms with Crippen LogP contribution in [-0.2, 0) is 0 Å². The van der Waals surface area contributed by atoms with Crippen LogP contribution in [0.25, 0.3) is 0 Å². The van der Waals surface area contributed by atoms with Gasteiger partial charge in [0.15, 0.2) is 0 Å². The molecule has 0 radical (unpaired) electrons. The summed E-state index contributed by atoms with van der Waals surface area (Å²) in [5.74, 6) is 0.0488. The van der Waals surface area contributed by atoms with Crippen LogP contribution in [0, 0.1) is 6.92 Å². The van der Waals surface area contributed by atoms with Crippen LogP contribution in [0.1, 0.15) is 29.1 Å². The van der Waals surface area contributed by atoms with E-state index in [1.165, 1.54) is 11.3 Å². The lowest BCUT2D eigenvalue weighted by atomic mass is 10.2. The van der Waals surface area contributed by atoms with Crippen molar-refractivity contribution in [2.75, 3.05) is 14.1 Å². The molecule has 1 amide bonds. The molecule has 0 bridgehead atoms. The smallest absolute Gasteiger partial charge is 0.263 e. The molecule has 0 N–H and O–H groups in total. The molecule has 0 fully saturated rings. The Morgan fingerprint density at radius 2 is 2.00 bits per heavy atom. The molecular formula is C11H16N2OS. The van der Waals surface area contributed by atoms with E-state index in [2.05, 4.69) is 4.99 Å². The van der Waals surface area contributed by atoms with E-state index >= 15 is 0 Å². The molecule has 0 aliphatic rings. The van der Waals surface area contributed by atoms with Crippen LogP contribution in [0.2, 0.25) is 0 Å². The summed E-state index contributed by atoms with van der Waals surface area (Å²) < 4.78 is 0. The third-order valence-corrected chi connectivity index (χ3v) is 3.02. The number of amides is 1. The topological polar surface area (TPSA) is 32.7 Å². The van der Waals surface area contributed by atoms with Gasteiger partial charge in [-0.1, -0.05) is 0 Å². The highest BCUT2D eigenvalue weighted by atomic mass is 32.1. The zero-order valence-corrected chi connectivity index (χ0v) is 10.6. The molecule has 0 aliphatic carbocycles. The van der Waals surface area contributed by atoms with Gasteiger partial charge < -0.3 is 4.90 Å². The van der Waals surface area contributed by atoms with Gasteiger partial charge in [-0.15, -0.1) is 11.3 Å². The van der Waals surface area contributed by atoms with Gasteiger partial charge >= 0.3 is 0 Å². The van der Waals surface area contributed by atoms with E-state index in [9.17, 15) is 4.79 Å². The number of nitrogens with zero attached hydrogens (tertiary/aromatic N) is 2. The van der Waals surface area contributed by atoms with Gasteiger partial charge in [0, 0.05) is 25.2 Å². The maximum atomic E-state index is 11.8. The van der Waals surface area contributed by atoms with Crippen molar-refractivity contribution in [3.8, 4) is 0 Å².